The molecule has 4 heteroatoms. The Bertz CT molecular complexity index is 305. The first kappa shape index (κ1) is 10.7. The van der Waals surface area contributed by atoms with E-state index in [1.807, 2.05) is 0 Å². The lowest BCUT2D eigenvalue weighted by Crippen LogP contribution is -2.15. The fraction of sp³-hybridized carbons (Fsp3) is 0.556. The molecular formula is C9H12Cl2N2. The van der Waals surface area contributed by atoms with Crippen LogP contribution in [0.5, 0.6) is 0 Å². The lowest BCUT2D eigenvalue weighted by atomic mass is 9.92. The van der Waals surface area contributed by atoms with Crippen molar-refractivity contribution in [3.8, 4) is 0 Å². The van der Waals surface area contributed by atoms with Crippen molar-refractivity contribution in [2.45, 2.75) is 32.1 Å². The molecule has 0 N–H and O–H groups in total. The van der Waals surface area contributed by atoms with Crippen LogP contribution in [0.2, 0.25) is 5.15 Å². The fourth-order valence-electron chi connectivity index (χ4n) is 0.909. The van der Waals surface area contributed by atoms with Gasteiger partial charge in [0.05, 0.1) is 11.6 Å². The molecule has 1 aromatic rings. The van der Waals surface area contributed by atoms with Crippen LogP contribution >= 0.6 is 23.2 Å². The first-order valence-electron chi connectivity index (χ1n) is 4.03. The van der Waals surface area contributed by atoms with Crippen LogP contribution in [0.1, 0.15) is 32.3 Å². The lowest BCUT2D eigenvalue weighted by Gasteiger charge is -2.17. The Hall–Kier alpha value is -0.340. The number of alkyl halides is 1. The van der Waals surface area contributed by atoms with Crippen molar-refractivity contribution in [2.75, 3.05) is 0 Å². The van der Waals surface area contributed by atoms with Gasteiger partial charge in [0.25, 0.3) is 0 Å². The smallest absolute Gasteiger partial charge is 0.145 e. The maximum absolute atomic E-state index is 5.83. The summed E-state index contributed by atoms with van der Waals surface area (Å²) < 4.78 is 0. The molecule has 0 aromatic carbocycles. The summed E-state index contributed by atoms with van der Waals surface area (Å²) in [4.78, 5) is 8.28. The Morgan fingerprint density at radius 1 is 1.31 bits per heavy atom. The minimum absolute atomic E-state index is 0.0204. The summed E-state index contributed by atoms with van der Waals surface area (Å²) in [6, 6.07) is 1.78. The number of hydrogen-bond donors (Lipinski definition) is 0. The van der Waals surface area contributed by atoms with Gasteiger partial charge in [-0.25, -0.2) is 9.97 Å². The highest BCUT2D eigenvalue weighted by atomic mass is 35.5. The molecule has 0 spiro atoms. The maximum atomic E-state index is 5.83. The Balaban J connectivity index is 3.16. The van der Waals surface area contributed by atoms with Gasteiger partial charge in [-0.05, 0) is 6.07 Å². The Kier molecular flexibility index (Phi) is 3.14. The first-order chi connectivity index (χ1) is 5.93. The van der Waals surface area contributed by atoms with Crippen LogP contribution in [0.25, 0.3) is 0 Å². The molecule has 0 saturated carbocycles. The minimum Gasteiger partial charge on any atom is -0.236 e. The molecule has 0 aliphatic heterocycles. The van der Waals surface area contributed by atoms with Gasteiger partial charge in [0.1, 0.15) is 11.0 Å². The first-order valence-corrected chi connectivity index (χ1v) is 4.94. The fourth-order valence-corrected chi connectivity index (χ4v) is 1.23. The number of halogens is 2. The zero-order valence-electron chi connectivity index (χ0n) is 7.93. The van der Waals surface area contributed by atoms with Crippen molar-refractivity contribution in [1.82, 2.24) is 9.97 Å². The van der Waals surface area contributed by atoms with Crippen molar-refractivity contribution >= 4 is 23.2 Å². The van der Waals surface area contributed by atoms with Crippen molar-refractivity contribution in [2.24, 2.45) is 0 Å². The molecule has 0 amide bonds. The highest BCUT2D eigenvalue weighted by Gasteiger charge is 2.17. The number of hydrogen-bond acceptors (Lipinski definition) is 2. The minimum atomic E-state index is -0.0204. The van der Waals surface area contributed by atoms with E-state index >= 15 is 0 Å². The average molecular weight is 219 g/mol. The Morgan fingerprint density at radius 3 is 2.38 bits per heavy atom. The summed E-state index contributed by atoms with van der Waals surface area (Å²) in [6.07, 6.45) is 0. The zero-order valence-corrected chi connectivity index (χ0v) is 9.45. The monoisotopic (exact) mass is 218 g/mol. The van der Waals surface area contributed by atoms with E-state index in [1.165, 1.54) is 0 Å². The second-order valence-electron chi connectivity index (χ2n) is 3.88. The quantitative estimate of drug-likeness (QED) is 0.535. The molecule has 0 aliphatic rings. The van der Waals surface area contributed by atoms with Crippen molar-refractivity contribution in [3.05, 3.63) is 22.7 Å². The number of rotatable bonds is 1. The average Bonchev–Trinajstić information content (AvgIpc) is 2.01. The molecule has 72 valence electrons. The van der Waals surface area contributed by atoms with Crippen LogP contribution < -0.4 is 0 Å². The lowest BCUT2D eigenvalue weighted by molar-refractivity contribution is 0.564. The molecule has 0 bridgehead atoms. The highest BCUT2D eigenvalue weighted by molar-refractivity contribution is 6.29. The third-order valence-corrected chi connectivity index (χ3v) is 2.06. The van der Waals surface area contributed by atoms with Gasteiger partial charge in [0.15, 0.2) is 0 Å². The standard InChI is InChI=1S/C9H12Cl2N2/c1-9(2,3)6-4-7(11)13-8(5-10)12-6/h4H,5H2,1-3H3. The maximum Gasteiger partial charge on any atom is 0.145 e. The second-order valence-corrected chi connectivity index (χ2v) is 4.53. The van der Waals surface area contributed by atoms with Crippen molar-refractivity contribution in [1.29, 1.82) is 0 Å². The molecule has 0 unspecified atom stereocenters. The van der Waals surface area contributed by atoms with Gasteiger partial charge in [-0.2, -0.15) is 0 Å². The number of aromatic nitrogens is 2. The SMILES string of the molecule is CC(C)(C)c1cc(Cl)nc(CCl)n1. The van der Waals surface area contributed by atoms with E-state index in [4.69, 9.17) is 23.2 Å². The van der Waals surface area contributed by atoms with Gasteiger partial charge in [-0.3, -0.25) is 0 Å². The van der Waals surface area contributed by atoms with Gasteiger partial charge in [-0.15, -0.1) is 11.6 Å². The molecule has 0 saturated heterocycles. The van der Waals surface area contributed by atoms with E-state index in [9.17, 15) is 0 Å². The Labute approximate surface area is 88.3 Å². The Morgan fingerprint density at radius 2 is 1.92 bits per heavy atom. The molecule has 0 radical (unpaired) electrons. The molecule has 0 aliphatic carbocycles. The van der Waals surface area contributed by atoms with Crippen LogP contribution in [0.15, 0.2) is 6.07 Å². The molecule has 2 nitrogen and oxygen atoms in total. The van der Waals surface area contributed by atoms with Crippen molar-refractivity contribution < 1.29 is 0 Å². The molecule has 1 aromatic heterocycles. The van der Waals surface area contributed by atoms with E-state index in [2.05, 4.69) is 30.7 Å². The van der Waals surface area contributed by atoms with Crippen LogP contribution in [0.3, 0.4) is 0 Å². The third kappa shape index (κ3) is 2.82. The molecule has 13 heavy (non-hydrogen) atoms. The summed E-state index contributed by atoms with van der Waals surface area (Å²) in [5.74, 6) is 0.878. The van der Waals surface area contributed by atoms with E-state index < -0.39 is 0 Å². The summed E-state index contributed by atoms with van der Waals surface area (Å²) in [7, 11) is 0. The predicted molar refractivity (Wildman–Crippen MR) is 55.3 cm³/mol. The van der Waals surface area contributed by atoms with Crippen LogP contribution in [-0.2, 0) is 11.3 Å². The summed E-state index contributed by atoms with van der Waals surface area (Å²) in [6.45, 7) is 6.22. The van der Waals surface area contributed by atoms with Gasteiger partial charge < -0.3 is 0 Å². The van der Waals surface area contributed by atoms with E-state index in [0.29, 0.717) is 16.9 Å². The van der Waals surface area contributed by atoms with Gasteiger partial charge in [0, 0.05) is 5.41 Å². The summed E-state index contributed by atoms with van der Waals surface area (Å²) in [5.41, 5.74) is 0.899. The molecule has 1 rings (SSSR count). The van der Waals surface area contributed by atoms with Crippen LogP contribution in [0.4, 0.5) is 0 Å². The van der Waals surface area contributed by atoms with Crippen LogP contribution in [-0.4, -0.2) is 9.97 Å². The molecule has 1 heterocycles. The van der Waals surface area contributed by atoms with Gasteiger partial charge in [-0.1, -0.05) is 32.4 Å². The zero-order chi connectivity index (χ0) is 10.1. The van der Waals surface area contributed by atoms with E-state index in [-0.39, 0.29) is 5.41 Å². The normalized spacial score (nSPS) is 11.8. The molecule has 0 fully saturated rings. The summed E-state index contributed by atoms with van der Waals surface area (Å²) in [5, 5.41) is 0.454. The largest absolute Gasteiger partial charge is 0.236 e. The molecular weight excluding hydrogens is 207 g/mol. The van der Waals surface area contributed by atoms with Gasteiger partial charge >= 0.3 is 0 Å². The highest BCUT2D eigenvalue weighted by Crippen LogP contribution is 2.22. The van der Waals surface area contributed by atoms with Crippen LogP contribution in [0, 0.1) is 0 Å². The third-order valence-electron chi connectivity index (χ3n) is 1.63. The number of nitrogens with zero attached hydrogens (tertiary/aromatic N) is 2. The topological polar surface area (TPSA) is 25.8 Å². The molecule has 0 atom stereocenters. The van der Waals surface area contributed by atoms with E-state index in [1.54, 1.807) is 6.07 Å². The second kappa shape index (κ2) is 3.81. The van der Waals surface area contributed by atoms with E-state index in [0.717, 1.165) is 5.69 Å². The summed E-state index contributed by atoms with van der Waals surface area (Å²) >= 11 is 11.5. The predicted octanol–water partition coefficient (Wildman–Crippen LogP) is 3.17. The van der Waals surface area contributed by atoms with Crippen molar-refractivity contribution in [3.63, 3.8) is 0 Å². The van der Waals surface area contributed by atoms with Gasteiger partial charge in [0.2, 0.25) is 0 Å².